The van der Waals surface area contributed by atoms with Crippen LogP contribution in [0.15, 0.2) is 24.5 Å². The minimum absolute atomic E-state index is 0.0530. The van der Waals surface area contributed by atoms with Gasteiger partial charge in [-0.1, -0.05) is 77.2 Å². The number of aliphatic hydroxyl groups is 2. The summed E-state index contributed by atoms with van der Waals surface area (Å²) in [4.78, 5) is 0. The largest absolute Gasteiger partial charge is 0.512 e. The van der Waals surface area contributed by atoms with Gasteiger partial charge in [0.15, 0.2) is 0 Å². The molecule has 1 atom stereocenters. The van der Waals surface area contributed by atoms with E-state index in [1.54, 1.807) is 0 Å². The average molecular weight is 339 g/mol. The van der Waals surface area contributed by atoms with Gasteiger partial charge in [0.2, 0.25) is 0 Å². The lowest BCUT2D eigenvalue weighted by Gasteiger charge is -2.13. The van der Waals surface area contributed by atoms with Crippen molar-refractivity contribution < 1.29 is 10.2 Å². The number of hydrogen-bond acceptors (Lipinski definition) is 2. The fraction of sp³-hybridized carbons (Fsp3) is 0.818. The molecule has 1 unspecified atom stereocenters. The maximum atomic E-state index is 10.1. The Bertz CT molecular complexity index is 296. The van der Waals surface area contributed by atoms with E-state index in [-0.39, 0.29) is 12.5 Å². The third-order valence-corrected chi connectivity index (χ3v) is 4.76. The molecule has 0 radical (unpaired) electrons. The molecule has 24 heavy (non-hydrogen) atoms. The van der Waals surface area contributed by atoms with Gasteiger partial charge in [-0.25, -0.2) is 0 Å². The lowest BCUT2D eigenvalue weighted by molar-refractivity contribution is 0.193. The molecule has 2 N–H and O–H groups in total. The predicted molar refractivity (Wildman–Crippen MR) is 106 cm³/mol. The Morgan fingerprint density at radius 3 is 1.96 bits per heavy atom. The summed E-state index contributed by atoms with van der Waals surface area (Å²) < 4.78 is 0. The first-order valence-corrected chi connectivity index (χ1v) is 10.4. The molecule has 0 saturated carbocycles. The molecule has 0 aliphatic rings. The van der Waals surface area contributed by atoms with Crippen LogP contribution in [0, 0.1) is 5.92 Å². The van der Waals surface area contributed by atoms with Gasteiger partial charge >= 0.3 is 0 Å². The van der Waals surface area contributed by atoms with E-state index in [9.17, 15) is 10.2 Å². The molecule has 142 valence electrons. The smallest absolute Gasteiger partial charge is 0.0936 e. The van der Waals surface area contributed by atoms with Crippen molar-refractivity contribution in [3.05, 3.63) is 24.5 Å². The van der Waals surface area contributed by atoms with Gasteiger partial charge in [-0.05, 0) is 38.2 Å². The van der Waals surface area contributed by atoms with Crippen molar-refractivity contribution in [1.29, 1.82) is 0 Å². The van der Waals surface area contributed by atoms with Crippen molar-refractivity contribution in [1.82, 2.24) is 0 Å². The molecule has 0 aromatic heterocycles. The van der Waals surface area contributed by atoms with Crippen LogP contribution in [0.3, 0.4) is 0 Å². The maximum absolute atomic E-state index is 10.1. The van der Waals surface area contributed by atoms with E-state index in [4.69, 9.17) is 0 Å². The van der Waals surface area contributed by atoms with E-state index in [1.807, 2.05) is 12.2 Å². The number of unbranched alkanes of at least 4 members (excludes halogenated alkanes) is 12. The first-order chi connectivity index (χ1) is 11.8. The third-order valence-electron chi connectivity index (χ3n) is 4.76. The zero-order valence-corrected chi connectivity index (χ0v) is 16.1. The molecular weight excluding hydrogens is 296 g/mol. The number of rotatable bonds is 18. The van der Waals surface area contributed by atoms with Crippen molar-refractivity contribution in [2.45, 2.75) is 103 Å². The summed E-state index contributed by atoms with van der Waals surface area (Å²) in [7, 11) is 0. The molecular formula is C22H42O2. The minimum atomic E-state index is -0.0530. The van der Waals surface area contributed by atoms with E-state index in [0.717, 1.165) is 32.1 Å². The topological polar surface area (TPSA) is 40.5 Å². The van der Waals surface area contributed by atoms with Crippen LogP contribution in [0.25, 0.3) is 0 Å². The van der Waals surface area contributed by atoms with Crippen molar-refractivity contribution >= 4 is 0 Å². The van der Waals surface area contributed by atoms with E-state index >= 15 is 0 Å². The average Bonchev–Trinajstić information content (AvgIpc) is 2.59. The fourth-order valence-corrected chi connectivity index (χ4v) is 3.06. The molecule has 2 heteroatoms. The predicted octanol–water partition coefficient (Wildman–Crippen LogP) is 7.09. The Hall–Kier alpha value is -0.760. The summed E-state index contributed by atoms with van der Waals surface area (Å²) >= 11 is 0. The summed E-state index contributed by atoms with van der Waals surface area (Å²) in [6.07, 6.45) is 22.0. The fourth-order valence-electron chi connectivity index (χ4n) is 3.06. The lowest BCUT2D eigenvalue weighted by atomic mass is 9.98. The van der Waals surface area contributed by atoms with Gasteiger partial charge in [0.1, 0.15) is 0 Å². The van der Waals surface area contributed by atoms with Crippen LogP contribution in [0.1, 0.15) is 103 Å². The third kappa shape index (κ3) is 14.8. The first kappa shape index (κ1) is 23.2. The molecule has 0 aromatic carbocycles. The van der Waals surface area contributed by atoms with Gasteiger partial charge < -0.3 is 10.2 Å². The molecule has 2 nitrogen and oxygen atoms in total. The van der Waals surface area contributed by atoms with Crippen LogP contribution in [-0.2, 0) is 0 Å². The number of allylic oxidation sites excluding steroid dienone is 2. The highest BCUT2D eigenvalue weighted by Gasteiger charge is 2.11. The molecule has 0 aromatic rings. The number of aliphatic hydroxyl groups excluding tert-OH is 2. The molecule has 0 rings (SSSR count). The van der Waals surface area contributed by atoms with Crippen molar-refractivity contribution in [2.75, 3.05) is 6.61 Å². The highest BCUT2D eigenvalue weighted by Crippen LogP contribution is 2.19. The standard InChI is InChI=1S/C22H42O2/c1-3-5-7-9-11-13-15-17-19-22(24)21(20-23)18-16-14-12-10-8-6-4-2/h4,19,21,23-24H,2-3,5-18,20H2,1H3. The van der Waals surface area contributed by atoms with Gasteiger partial charge in [-0.3, -0.25) is 0 Å². The second-order valence-corrected chi connectivity index (χ2v) is 7.05. The van der Waals surface area contributed by atoms with Crippen molar-refractivity contribution in [3.8, 4) is 0 Å². The van der Waals surface area contributed by atoms with Crippen LogP contribution in [0.2, 0.25) is 0 Å². The molecule has 0 saturated heterocycles. The van der Waals surface area contributed by atoms with E-state index in [2.05, 4.69) is 13.5 Å². The van der Waals surface area contributed by atoms with Crippen LogP contribution in [-0.4, -0.2) is 16.8 Å². The molecule has 0 heterocycles. The quantitative estimate of drug-likeness (QED) is 0.159. The Labute approximate surface area is 151 Å². The van der Waals surface area contributed by atoms with Gasteiger partial charge in [-0.2, -0.15) is 0 Å². The van der Waals surface area contributed by atoms with E-state index < -0.39 is 0 Å². The Balaban J connectivity index is 3.66. The Kier molecular flexibility index (Phi) is 18.0. The van der Waals surface area contributed by atoms with Crippen LogP contribution < -0.4 is 0 Å². The van der Waals surface area contributed by atoms with Crippen LogP contribution >= 0.6 is 0 Å². The summed E-state index contributed by atoms with van der Waals surface area (Å²) in [5.41, 5.74) is 0. The normalized spacial score (nSPS) is 13.2. The van der Waals surface area contributed by atoms with Crippen molar-refractivity contribution in [2.24, 2.45) is 5.92 Å². The Morgan fingerprint density at radius 1 is 0.833 bits per heavy atom. The minimum Gasteiger partial charge on any atom is -0.512 e. The first-order valence-electron chi connectivity index (χ1n) is 10.4. The van der Waals surface area contributed by atoms with E-state index in [1.165, 1.54) is 64.2 Å². The Morgan fingerprint density at radius 2 is 1.38 bits per heavy atom. The summed E-state index contributed by atoms with van der Waals surface area (Å²) in [6, 6.07) is 0. The maximum Gasteiger partial charge on any atom is 0.0936 e. The van der Waals surface area contributed by atoms with Crippen LogP contribution in [0.4, 0.5) is 0 Å². The molecule has 0 aliphatic heterocycles. The SMILES string of the molecule is C=CCCCCCCCC(CO)C(O)=CCCCCCCCCC. The highest BCUT2D eigenvalue weighted by molar-refractivity contribution is 4.96. The van der Waals surface area contributed by atoms with Gasteiger partial charge in [0.25, 0.3) is 0 Å². The number of hydrogen-bond donors (Lipinski definition) is 2. The molecule has 0 fully saturated rings. The zero-order chi connectivity index (χ0) is 17.9. The summed E-state index contributed by atoms with van der Waals surface area (Å²) in [6.45, 7) is 6.05. The molecule has 0 aliphatic carbocycles. The summed E-state index contributed by atoms with van der Waals surface area (Å²) in [5, 5.41) is 19.6. The second-order valence-electron chi connectivity index (χ2n) is 7.05. The highest BCUT2D eigenvalue weighted by atomic mass is 16.3. The summed E-state index contributed by atoms with van der Waals surface area (Å²) in [5.74, 6) is 0.359. The van der Waals surface area contributed by atoms with Gasteiger partial charge in [0.05, 0.1) is 12.4 Å². The molecule has 0 bridgehead atoms. The zero-order valence-electron chi connectivity index (χ0n) is 16.1. The van der Waals surface area contributed by atoms with Crippen LogP contribution in [0.5, 0.6) is 0 Å². The second kappa shape index (κ2) is 18.6. The van der Waals surface area contributed by atoms with Gasteiger partial charge in [0, 0.05) is 5.92 Å². The monoisotopic (exact) mass is 338 g/mol. The molecule has 0 amide bonds. The lowest BCUT2D eigenvalue weighted by Crippen LogP contribution is -2.09. The molecule has 0 spiro atoms. The van der Waals surface area contributed by atoms with Gasteiger partial charge in [-0.15, -0.1) is 6.58 Å². The van der Waals surface area contributed by atoms with E-state index in [0.29, 0.717) is 5.76 Å². The van der Waals surface area contributed by atoms with Crippen molar-refractivity contribution in [3.63, 3.8) is 0 Å².